The van der Waals surface area contributed by atoms with Gasteiger partial charge < -0.3 is 18.9 Å². The van der Waals surface area contributed by atoms with Crippen molar-refractivity contribution in [2.45, 2.75) is 6.92 Å². The molecule has 0 radical (unpaired) electrons. The van der Waals surface area contributed by atoms with E-state index in [1.165, 1.54) is 5.56 Å². The molecule has 0 aliphatic carbocycles. The standard InChI is InChI=1S/C33H35N3O3/c1-25-29(33(37)35-21-19-34(20-22-35)18-10-13-26-11-6-4-7-12-26)24-30(27-14-8-5-9-15-27)36(25)28-16-17-31(38-2)32(23-28)39-3/h4-17,23-24H,18-22H2,1-3H3/b13-10+. The summed E-state index contributed by atoms with van der Waals surface area (Å²) in [5.74, 6) is 1.39. The van der Waals surface area contributed by atoms with E-state index in [0.717, 1.165) is 47.8 Å². The maximum absolute atomic E-state index is 13.8. The summed E-state index contributed by atoms with van der Waals surface area (Å²) >= 11 is 0. The molecule has 1 aliphatic rings. The minimum atomic E-state index is 0.0726. The van der Waals surface area contributed by atoms with Crippen LogP contribution in [-0.2, 0) is 0 Å². The highest BCUT2D eigenvalue weighted by Crippen LogP contribution is 2.34. The monoisotopic (exact) mass is 521 g/mol. The highest BCUT2D eigenvalue weighted by molar-refractivity contribution is 5.97. The van der Waals surface area contributed by atoms with Crippen LogP contribution in [0, 0.1) is 6.92 Å². The van der Waals surface area contributed by atoms with Crippen molar-refractivity contribution in [3.8, 4) is 28.4 Å². The Kier molecular flexibility index (Phi) is 8.13. The van der Waals surface area contributed by atoms with E-state index in [-0.39, 0.29) is 5.91 Å². The number of hydrogen-bond acceptors (Lipinski definition) is 4. The van der Waals surface area contributed by atoms with Gasteiger partial charge in [0.15, 0.2) is 11.5 Å². The van der Waals surface area contributed by atoms with Crippen LogP contribution >= 0.6 is 0 Å². The smallest absolute Gasteiger partial charge is 0.255 e. The van der Waals surface area contributed by atoms with E-state index in [2.05, 4.69) is 45.9 Å². The van der Waals surface area contributed by atoms with Crippen molar-refractivity contribution in [3.63, 3.8) is 0 Å². The van der Waals surface area contributed by atoms with Gasteiger partial charge in [-0.05, 0) is 36.2 Å². The molecule has 3 aromatic carbocycles. The fourth-order valence-electron chi connectivity index (χ4n) is 5.15. The number of carbonyl (C=O) groups excluding carboxylic acids is 1. The molecule has 0 saturated carbocycles. The molecule has 39 heavy (non-hydrogen) atoms. The largest absolute Gasteiger partial charge is 0.493 e. The number of aromatic nitrogens is 1. The number of nitrogens with zero attached hydrogens (tertiary/aromatic N) is 3. The maximum atomic E-state index is 13.8. The molecule has 0 unspecified atom stereocenters. The lowest BCUT2D eigenvalue weighted by Gasteiger charge is -2.34. The van der Waals surface area contributed by atoms with Crippen molar-refractivity contribution in [1.82, 2.24) is 14.4 Å². The molecule has 1 fully saturated rings. The zero-order valence-electron chi connectivity index (χ0n) is 22.8. The fraction of sp³-hybridized carbons (Fsp3) is 0.242. The number of benzene rings is 3. The number of rotatable bonds is 8. The van der Waals surface area contributed by atoms with Crippen LogP contribution in [-0.4, -0.2) is 67.2 Å². The van der Waals surface area contributed by atoms with E-state index in [1.54, 1.807) is 14.2 Å². The van der Waals surface area contributed by atoms with Crippen molar-refractivity contribution < 1.29 is 14.3 Å². The first-order chi connectivity index (χ1) is 19.1. The summed E-state index contributed by atoms with van der Waals surface area (Å²) in [6.07, 6.45) is 4.36. The summed E-state index contributed by atoms with van der Waals surface area (Å²) in [5, 5.41) is 0. The van der Waals surface area contributed by atoms with Gasteiger partial charge in [-0.2, -0.15) is 0 Å². The SMILES string of the molecule is COc1ccc(-n2c(-c3ccccc3)cc(C(=O)N3CCN(C/C=C/c4ccccc4)CC3)c2C)cc1OC. The Hall–Kier alpha value is -4.29. The Morgan fingerprint density at radius 3 is 2.15 bits per heavy atom. The molecule has 6 heteroatoms. The molecule has 0 spiro atoms. The quantitative estimate of drug-likeness (QED) is 0.288. The van der Waals surface area contributed by atoms with Gasteiger partial charge in [-0.3, -0.25) is 9.69 Å². The first kappa shape index (κ1) is 26.3. The molecule has 0 atom stereocenters. The predicted octanol–water partition coefficient (Wildman–Crippen LogP) is 5.94. The van der Waals surface area contributed by atoms with Crippen LogP contribution in [0.25, 0.3) is 23.0 Å². The normalized spacial score (nSPS) is 14.1. The Morgan fingerprint density at radius 2 is 1.49 bits per heavy atom. The van der Waals surface area contributed by atoms with Crippen molar-refractivity contribution in [2.75, 3.05) is 46.9 Å². The third kappa shape index (κ3) is 5.76. The van der Waals surface area contributed by atoms with E-state index >= 15 is 0 Å². The van der Waals surface area contributed by atoms with Crippen LogP contribution in [0.5, 0.6) is 11.5 Å². The van der Waals surface area contributed by atoms with Crippen LogP contribution in [0.2, 0.25) is 0 Å². The molecule has 1 saturated heterocycles. The second-order valence-electron chi connectivity index (χ2n) is 9.68. The number of carbonyl (C=O) groups is 1. The van der Waals surface area contributed by atoms with E-state index in [1.807, 2.05) is 72.5 Å². The molecule has 6 nitrogen and oxygen atoms in total. The van der Waals surface area contributed by atoms with E-state index in [0.29, 0.717) is 24.6 Å². The van der Waals surface area contributed by atoms with Gasteiger partial charge in [-0.1, -0.05) is 72.8 Å². The highest BCUT2D eigenvalue weighted by atomic mass is 16.5. The second kappa shape index (κ2) is 12.0. The summed E-state index contributed by atoms with van der Waals surface area (Å²) in [5.41, 5.74) is 5.76. The first-order valence-electron chi connectivity index (χ1n) is 13.3. The topological polar surface area (TPSA) is 46.9 Å². The lowest BCUT2D eigenvalue weighted by molar-refractivity contribution is 0.0649. The highest BCUT2D eigenvalue weighted by Gasteiger charge is 2.26. The molecule has 5 rings (SSSR count). The Morgan fingerprint density at radius 1 is 0.821 bits per heavy atom. The molecule has 1 aromatic heterocycles. The van der Waals surface area contributed by atoms with Crippen molar-refractivity contribution in [3.05, 3.63) is 108 Å². The molecule has 1 amide bonds. The number of methoxy groups -OCH3 is 2. The maximum Gasteiger partial charge on any atom is 0.255 e. The summed E-state index contributed by atoms with van der Waals surface area (Å²) in [4.78, 5) is 18.2. The minimum absolute atomic E-state index is 0.0726. The molecule has 4 aromatic rings. The van der Waals surface area contributed by atoms with Gasteiger partial charge in [-0.15, -0.1) is 0 Å². The Balaban J connectivity index is 1.37. The van der Waals surface area contributed by atoms with Gasteiger partial charge in [0.05, 0.1) is 25.5 Å². The van der Waals surface area contributed by atoms with Crippen LogP contribution in [0.15, 0.2) is 91.0 Å². The average molecular weight is 522 g/mol. The van der Waals surface area contributed by atoms with Gasteiger partial charge in [0.1, 0.15) is 0 Å². The molecule has 200 valence electrons. The minimum Gasteiger partial charge on any atom is -0.493 e. The van der Waals surface area contributed by atoms with Crippen LogP contribution in [0.4, 0.5) is 0 Å². The molecular weight excluding hydrogens is 486 g/mol. The van der Waals surface area contributed by atoms with Gasteiger partial charge in [0, 0.05) is 50.2 Å². The Bertz CT molecular complexity index is 1440. The lowest BCUT2D eigenvalue weighted by Crippen LogP contribution is -2.48. The molecular formula is C33H35N3O3. The third-order valence-electron chi connectivity index (χ3n) is 7.31. The number of hydrogen-bond donors (Lipinski definition) is 0. The number of ether oxygens (including phenoxy) is 2. The van der Waals surface area contributed by atoms with Gasteiger partial charge in [0.25, 0.3) is 5.91 Å². The van der Waals surface area contributed by atoms with E-state index < -0.39 is 0 Å². The summed E-state index contributed by atoms with van der Waals surface area (Å²) in [7, 11) is 3.26. The zero-order chi connectivity index (χ0) is 27.2. The summed E-state index contributed by atoms with van der Waals surface area (Å²) < 4.78 is 13.2. The molecule has 0 bridgehead atoms. The van der Waals surface area contributed by atoms with Crippen molar-refractivity contribution in [1.29, 1.82) is 0 Å². The number of piperazine rings is 1. The van der Waals surface area contributed by atoms with Crippen molar-refractivity contribution in [2.24, 2.45) is 0 Å². The van der Waals surface area contributed by atoms with E-state index in [9.17, 15) is 4.79 Å². The lowest BCUT2D eigenvalue weighted by atomic mass is 10.1. The van der Waals surface area contributed by atoms with Gasteiger partial charge in [0.2, 0.25) is 0 Å². The molecule has 0 N–H and O–H groups in total. The third-order valence-corrected chi connectivity index (χ3v) is 7.31. The van der Waals surface area contributed by atoms with Crippen LogP contribution in [0.1, 0.15) is 21.6 Å². The van der Waals surface area contributed by atoms with E-state index in [4.69, 9.17) is 9.47 Å². The number of amides is 1. The average Bonchev–Trinajstić information content (AvgIpc) is 3.34. The predicted molar refractivity (Wildman–Crippen MR) is 157 cm³/mol. The first-order valence-corrected chi connectivity index (χ1v) is 13.3. The summed E-state index contributed by atoms with van der Waals surface area (Å²) in [6, 6.07) is 28.4. The fourth-order valence-corrected chi connectivity index (χ4v) is 5.15. The van der Waals surface area contributed by atoms with Crippen molar-refractivity contribution >= 4 is 12.0 Å². The molecule has 2 heterocycles. The zero-order valence-corrected chi connectivity index (χ0v) is 22.8. The van der Waals surface area contributed by atoms with Crippen LogP contribution < -0.4 is 9.47 Å². The molecule has 1 aliphatic heterocycles. The second-order valence-corrected chi connectivity index (χ2v) is 9.68. The Labute approximate surface area is 230 Å². The van der Waals surface area contributed by atoms with Gasteiger partial charge in [-0.25, -0.2) is 0 Å². The van der Waals surface area contributed by atoms with Gasteiger partial charge >= 0.3 is 0 Å². The van der Waals surface area contributed by atoms with Crippen LogP contribution in [0.3, 0.4) is 0 Å². The summed E-state index contributed by atoms with van der Waals surface area (Å²) in [6.45, 7) is 6.02.